The van der Waals surface area contributed by atoms with Gasteiger partial charge in [0.2, 0.25) is 15.9 Å². The summed E-state index contributed by atoms with van der Waals surface area (Å²) in [5, 5.41) is 2.53. The van der Waals surface area contributed by atoms with E-state index in [0.29, 0.717) is 5.69 Å². The van der Waals surface area contributed by atoms with Crippen molar-refractivity contribution in [3.63, 3.8) is 0 Å². The highest BCUT2D eigenvalue weighted by molar-refractivity contribution is 8.00. The lowest BCUT2D eigenvalue weighted by molar-refractivity contribution is -0.115. The third-order valence-corrected chi connectivity index (χ3v) is 7.54. The third-order valence-electron chi connectivity index (χ3n) is 3.96. The van der Waals surface area contributed by atoms with Crippen molar-refractivity contribution in [3.05, 3.63) is 52.5 Å². The van der Waals surface area contributed by atoms with Gasteiger partial charge in [-0.15, -0.1) is 11.8 Å². The van der Waals surface area contributed by atoms with Gasteiger partial charge in [-0.1, -0.05) is 29.3 Å². The smallest absolute Gasteiger partial charge is 0.244 e. The SMILES string of the molecule is Cc1ccc(SC(C)C(=O)Nc2ccc(Cl)c(S(=O)(=O)N(C)C)c2)c(C)c1. The molecule has 146 valence electrons. The predicted octanol–water partition coefficient (Wildman–Crippen LogP) is 4.33. The maximum absolute atomic E-state index is 12.6. The van der Waals surface area contributed by atoms with Crippen LogP contribution in [0.2, 0.25) is 5.02 Å². The highest BCUT2D eigenvalue weighted by Gasteiger charge is 2.22. The molecular weight excluding hydrogens is 404 g/mol. The number of hydrogen-bond acceptors (Lipinski definition) is 4. The Balaban J connectivity index is 2.18. The first kappa shape index (κ1) is 21.8. The molecular formula is C19H23ClN2O3S2. The fraction of sp³-hybridized carbons (Fsp3) is 0.316. The van der Waals surface area contributed by atoms with Gasteiger partial charge in [0.25, 0.3) is 0 Å². The zero-order chi connectivity index (χ0) is 20.4. The summed E-state index contributed by atoms with van der Waals surface area (Å²) < 4.78 is 25.8. The van der Waals surface area contributed by atoms with Crippen molar-refractivity contribution >= 4 is 45.0 Å². The second-order valence-corrected chi connectivity index (χ2v) is 10.4. The highest BCUT2D eigenvalue weighted by atomic mass is 35.5. The molecule has 0 saturated heterocycles. The number of hydrogen-bond donors (Lipinski definition) is 1. The molecule has 2 aromatic carbocycles. The van der Waals surface area contributed by atoms with Gasteiger partial charge in [0.05, 0.1) is 10.3 Å². The first-order valence-electron chi connectivity index (χ1n) is 8.29. The number of sulfonamides is 1. The predicted molar refractivity (Wildman–Crippen MR) is 112 cm³/mol. The largest absolute Gasteiger partial charge is 0.325 e. The third kappa shape index (κ3) is 5.25. The van der Waals surface area contributed by atoms with Crippen molar-refractivity contribution in [1.29, 1.82) is 0 Å². The Morgan fingerprint density at radius 3 is 2.41 bits per heavy atom. The van der Waals surface area contributed by atoms with Crippen molar-refractivity contribution in [2.45, 2.75) is 35.8 Å². The number of halogens is 1. The van der Waals surface area contributed by atoms with E-state index in [-0.39, 0.29) is 21.1 Å². The highest BCUT2D eigenvalue weighted by Crippen LogP contribution is 2.30. The van der Waals surface area contributed by atoms with Crippen molar-refractivity contribution in [1.82, 2.24) is 4.31 Å². The molecule has 1 N–H and O–H groups in total. The van der Waals surface area contributed by atoms with E-state index < -0.39 is 10.0 Å². The molecule has 0 fully saturated rings. The Labute approximate surface area is 170 Å². The summed E-state index contributed by atoms with van der Waals surface area (Å²) in [6, 6.07) is 10.5. The molecule has 2 rings (SSSR count). The fourth-order valence-corrected chi connectivity index (χ4v) is 4.73. The Bertz CT molecular complexity index is 959. The van der Waals surface area contributed by atoms with Crippen LogP contribution in [0.15, 0.2) is 46.2 Å². The topological polar surface area (TPSA) is 66.5 Å². The van der Waals surface area contributed by atoms with Crippen LogP contribution < -0.4 is 5.32 Å². The molecule has 27 heavy (non-hydrogen) atoms. The molecule has 1 atom stereocenters. The van der Waals surface area contributed by atoms with E-state index >= 15 is 0 Å². The Morgan fingerprint density at radius 2 is 1.81 bits per heavy atom. The average Bonchev–Trinajstić information content (AvgIpc) is 2.58. The quantitative estimate of drug-likeness (QED) is 0.698. The van der Waals surface area contributed by atoms with Gasteiger partial charge < -0.3 is 5.32 Å². The summed E-state index contributed by atoms with van der Waals surface area (Å²) >= 11 is 7.50. The molecule has 0 aliphatic rings. The second kappa shape index (κ2) is 8.65. The Kier molecular flexibility index (Phi) is 6.97. The standard InChI is InChI=1S/C19H23ClN2O3S2/c1-12-6-9-17(13(2)10-12)26-14(3)19(23)21-15-7-8-16(20)18(11-15)27(24,25)22(4)5/h6-11,14H,1-5H3,(H,21,23). The van der Waals surface area contributed by atoms with Crippen LogP contribution in [0.1, 0.15) is 18.1 Å². The number of aryl methyl sites for hydroxylation is 2. The number of rotatable bonds is 6. The molecule has 8 heteroatoms. The van der Waals surface area contributed by atoms with Crippen LogP contribution in [-0.4, -0.2) is 38.0 Å². The number of carbonyl (C=O) groups excluding carboxylic acids is 1. The van der Waals surface area contributed by atoms with Crippen molar-refractivity contribution in [2.75, 3.05) is 19.4 Å². The number of carbonyl (C=O) groups is 1. The molecule has 0 spiro atoms. The van der Waals surface area contributed by atoms with Crippen LogP contribution in [0.3, 0.4) is 0 Å². The molecule has 0 aliphatic heterocycles. The monoisotopic (exact) mass is 426 g/mol. The molecule has 0 aromatic heterocycles. The van der Waals surface area contributed by atoms with E-state index in [4.69, 9.17) is 11.6 Å². The van der Waals surface area contributed by atoms with Crippen molar-refractivity contribution in [3.8, 4) is 0 Å². The van der Waals surface area contributed by atoms with Crippen molar-refractivity contribution in [2.24, 2.45) is 0 Å². The van der Waals surface area contributed by atoms with Gasteiger partial charge in [0.1, 0.15) is 4.90 Å². The summed E-state index contributed by atoms with van der Waals surface area (Å²) in [6.45, 7) is 5.85. The minimum atomic E-state index is -3.70. The van der Waals surface area contributed by atoms with Crippen LogP contribution in [0.25, 0.3) is 0 Å². The van der Waals surface area contributed by atoms with E-state index in [1.807, 2.05) is 32.9 Å². The fourth-order valence-electron chi connectivity index (χ4n) is 2.39. The van der Waals surface area contributed by atoms with Crippen LogP contribution in [0.5, 0.6) is 0 Å². The molecule has 0 aliphatic carbocycles. The zero-order valence-corrected chi connectivity index (χ0v) is 18.3. The van der Waals surface area contributed by atoms with Gasteiger partial charge in [-0.3, -0.25) is 4.79 Å². The van der Waals surface area contributed by atoms with Crippen LogP contribution in [0, 0.1) is 13.8 Å². The number of thioether (sulfide) groups is 1. The van der Waals surface area contributed by atoms with Crippen LogP contribution >= 0.6 is 23.4 Å². The van der Waals surface area contributed by atoms with E-state index in [0.717, 1.165) is 14.8 Å². The molecule has 1 unspecified atom stereocenters. The summed E-state index contributed by atoms with van der Waals surface area (Å²) in [5.41, 5.74) is 2.67. The first-order valence-corrected chi connectivity index (χ1v) is 11.0. The number of nitrogens with zero attached hydrogens (tertiary/aromatic N) is 1. The summed E-state index contributed by atoms with van der Waals surface area (Å²) in [4.78, 5) is 13.5. The van der Waals surface area contributed by atoms with E-state index in [1.165, 1.54) is 43.6 Å². The van der Waals surface area contributed by atoms with Gasteiger partial charge in [-0.05, 0) is 50.6 Å². The lowest BCUT2D eigenvalue weighted by atomic mass is 10.2. The number of anilines is 1. The summed E-state index contributed by atoms with van der Waals surface area (Å²) in [5.74, 6) is -0.213. The average molecular weight is 427 g/mol. The van der Waals surface area contributed by atoms with Crippen LogP contribution in [0.4, 0.5) is 5.69 Å². The maximum atomic E-state index is 12.6. The number of benzene rings is 2. The Hall–Kier alpha value is -1.54. The van der Waals surface area contributed by atoms with Crippen molar-refractivity contribution < 1.29 is 13.2 Å². The summed E-state index contributed by atoms with van der Waals surface area (Å²) in [6.07, 6.45) is 0. The zero-order valence-electron chi connectivity index (χ0n) is 15.9. The van der Waals surface area contributed by atoms with E-state index in [2.05, 4.69) is 11.4 Å². The minimum absolute atomic E-state index is 0.0401. The van der Waals surface area contributed by atoms with Gasteiger partial charge >= 0.3 is 0 Å². The number of nitrogens with one attached hydrogen (secondary N) is 1. The van der Waals surface area contributed by atoms with Crippen LogP contribution in [-0.2, 0) is 14.8 Å². The lowest BCUT2D eigenvalue weighted by Crippen LogP contribution is -2.24. The van der Waals surface area contributed by atoms with Gasteiger partial charge in [0.15, 0.2) is 0 Å². The molecule has 1 amide bonds. The van der Waals surface area contributed by atoms with Gasteiger partial charge in [-0.2, -0.15) is 0 Å². The Morgan fingerprint density at radius 1 is 1.15 bits per heavy atom. The molecule has 0 radical (unpaired) electrons. The lowest BCUT2D eigenvalue weighted by Gasteiger charge is -2.16. The first-order chi connectivity index (χ1) is 12.5. The molecule has 0 bridgehead atoms. The second-order valence-electron chi connectivity index (χ2n) is 6.45. The van der Waals surface area contributed by atoms with Gasteiger partial charge in [-0.25, -0.2) is 12.7 Å². The molecule has 0 heterocycles. The van der Waals surface area contributed by atoms with Gasteiger partial charge in [0, 0.05) is 24.7 Å². The molecule has 5 nitrogen and oxygen atoms in total. The summed E-state index contributed by atoms with van der Waals surface area (Å²) in [7, 11) is -0.839. The molecule has 0 saturated carbocycles. The normalized spacial score (nSPS) is 12.9. The maximum Gasteiger partial charge on any atom is 0.244 e. The minimum Gasteiger partial charge on any atom is -0.325 e. The van der Waals surface area contributed by atoms with E-state index in [9.17, 15) is 13.2 Å². The van der Waals surface area contributed by atoms with E-state index in [1.54, 1.807) is 6.07 Å². The molecule has 2 aromatic rings. The number of amides is 1.